The third-order valence-electron chi connectivity index (χ3n) is 2.51. The molecule has 0 amide bonds. The molecule has 0 bridgehead atoms. The number of aromatic nitrogens is 2. The molecule has 2 heterocycles. The van der Waals surface area contributed by atoms with Gasteiger partial charge in [-0.3, -0.25) is 4.79 Å². The SMILES string of the molecule is C#Cc1ccc(OC(C)C)cn1.CC(C)Oc1ccc(C=O)nc1. The third kappa shape index (κ3) is 7.41. The van der Waals surface area contributed by atoms with Crippen molar-refractivity contribution in [3.8, 4) is 23.8 Å². The zero-order chi connectivity index (χ0) is 17.9. The van der Waals surface area contributed by atoms with Gasteiger partial charge in [-0.1, -0.05) is 5.92 Å². The van der Waals surface area contributed by atoms with Crippen LogP contribution in [0.25, 0.3) is 0 Å². The highest BCUT2D eigenvalue weighted by Crippen LogP contribution is 2.10. The molecule has 2 aromatic heterocycles. The first-order valence-corrected chi connectivity index (χ1v) is 7.61. The van der Waals surface area contributed by atoms with Crippen molar-refractivity contribution in [1.29, 1.82) is 0 Å². The number of pyridine rings is 2. The highest BCUT2D eigenvalue weighted by molar-refractivity contribution is 5.71. The monoisotopic (exact) mass is 326 g/mol. The summed E-state index contributed by atoms with van der Waals surface area (Å²) in [4.78, 5) is 18.1. The molecule has 0 saturated heterocycles. The van der Waals surface area contributed by atoms with E-state index in [-0.39, 0.29) is 12.2 Å². The molecule has 0 atom stereocenters. The van der Waals surface area contributed by atoms with Gasteiger partial charge in [0.2, 0.25) is 0 Å². The molecule has 0 unspecified atom stereocenters. The minimum atomic E-state index is 0.133. The second kappa shape index (κ2) is 10.0. The summed E-state index contributed by atoms with van der Waals surface area (Å²) in [5.74, 6) is 3.88. The van der Waals surface area contributed by atoms with Gasteiger partial charge in [-0.25, -0.2) is 9.97 Å². The molecule has 0 saturated carbocycles. The Hall–Kier alpha value is -2.87. The van der Waals surface area contributed by atoms with E-state index in [1.165, 1.54) is 0 Å². The predicted molar refractivity (Wildman–Crippen MR) is 93.3 cm³/mol. The molecule has 0 radical (unpaired) electrons. The number of aldehydes is 1. The lowest BCUT2D eigenvalue weighted by Crippen LogP contribution is -2.05. The van der Waals surface area contributed by atoms with Gasteiger partial charge in [-0.05, 0) is 52.0 Å². The Bertz CT molecular complexity index is 657. The first kappa shape index (κ1) is 19.2. The van der Waals surface area contributed by atoms with Crippen molar-refractivity contribution in [1.82, 2.24) is 9.97 Å². The molecule has 0 aliphatic heterocycles. The molecule has 126 valence electrons. The molecular weight excluding hydrogens is 304 g/mol. The van der Waals surface area contributed by atoms with Crippen LogP contribution in [0, 0.1) is 12.3 Å². The lowest BCUT2D eigenvalue weighted by atomic mass is 10.3. The topological polar surface area (TPSA) is 61.3 Å². The maximum atomic E-state index is 10.2. The van der Waals surface area contributed by atoms with Crippen LogP contribution < -0.4 is 9.47 Å². The van der Waals surface area contributed by atoms with E-state index in [1.807, 2.05) is 33.8 Å². The number of carbonyl (C=O) groups is 1. The number of terminal acetylenes is 1. The van der Waals surface area contributed by atoms with Gasteiger partial charge in [0.15, 0.2) is 6.29 Å². The lowest BCUT2D eigenvalue weighted by molar-refractivity contribution is 0.111. The van der Waals surface area contributed by atoms with E-state index in [9.17, 15) is 4.79 Å². The van der Waals surface area contributed by atoms with E-state index < -0.39 is 0 Å². The highest BCUT2D eigenvalue weighted by atomic mass is 16.5. The Morgan fingerprint density at radius 1 is 0.958 bits per heavy atom. The number of carbonyl (C=O) groups excluding carboxylic acids is 1. The van der Waals surface area contributed by atoms with Gasteiger partial charge in [0, 0.05) is 0 Å². The van der Waals surface area contributed by atoms with E-state index in [2.05, 4.69) is 15.9 Å². The van der Waals surface area contributed by atoms with Crippen LogP contribution in [0.4, 0.5) is 0 Å². The van der Waals surface area contributed by atoms with Crippen molar-refractivity contribution in [3.05, 3.63) is 48.0 Å². The minimum absolute atomic E-state index is 0.133. The zero-order valence-corrected chi connectivity index (χ0v) is 14.4. The molecule has 0 aromatic carbocycles. The first-order chi connectivity index (χ1) is 11.4. The minimum Gasteiger partial charge on any atom is -0.489 e. The van der Waals surface area contributed by atoms with Crippen LogP contribution in [-0.2, 0) is 0 Å². The van der Waals surface area contributed by atoms with Gasteiger partial charge in [0.05, 0.1) is 24.6 Å². The van der Waals surface area contributed by atoms with Crippen LogP contribution in [0.1, 0.15) is 43.9 Å². The van der Waals surface area contributed by atoms with Gasteiger partial charge < -0.3 is 9.47 Å². The second-order valence-electron chi connectivity index (χ2n) is 5.39. The van der Waals surface area contributed by atoms with Crippen LogP contribution in [0.2, 0.25) is 0 Å². The maximum absolute atomic E-state index is 10.2. The van der Waals surface area contributed by atoms with Crippen molar-refractivity contribution >= 4 is 6.29 Å². The van der Waals surface area contributed by atoms with E-state index in [4.69, 9.17) is 15.9 Å². The van der Waals surface area contributed by atoms with Gasteiger partial charge in [0.25, 0.3) is 0 Å². The largest absolute Gasteiger partial charge is 0.489 e. The molecule has 24 heavy (non-hydrogen) atoms. The Morgan fingerprint density at radius 3 is 1.83 bits per heavy atom. The average Bonchev–Trinajstić information content (AvgIpc) is 2.56. The van der Waals surface area contributed by atoms with Gasteiger partial charge in [0.1, 0.15) is 22.9 Å². The first-order valence-electron chi connectivity index (χ1n) is 7.61. The molecule has 2 rings (SSSR count). The number of hydrogen-bond acceptors (Lipinski definition) is 5. The Balaban J connectivity index is 0.000000240. The number of nitrogens with zero attached hydrogens (tertiary/aromatic N) is 2. The Labute approximate surface area is 143 Å². The normalized spacial score (nSPS) is 9.71. The van der Waals surface area contributed by atoms with Crippen LogP contribution >= 0.6 is 0 Å². The summed E-state index contributed by atoms with van der Waals surface area (Å²) in [6.45, 7) is 7.81. The summed E-state index contributed by atoms with van der Waals surface area (Å²) in [5.41, 5.74) is 1.05. The van der Waals surface area contributed by atoms with Crippen molar-refractivity contribution in [3.63, 3.8) is 0 Å². The Kier molecular flexibility index (Phi) is 8.00. The van der Waals surface area contributed by atoms with Crippen molar-refractivity contribution in [2.45, 2.75) is 39.9 Å². The van der Waals surface area contributed by atoms with Crippen molar-refractivity contribution in [2.24, 2.45) is 0 Å². The fourth-order valence-corrected chi connectivity index (χ4v) is 1.61. The Morgan fingerprint density at radius 2 is 1.50 bits per heavy atom. The zero-order valence-electron chi connectivity index (χ0n) is 14.4. The summed E-state index contributed by atoms with van der Waals surface area (Å²) >= 11 is 0. The van der Waals surface area contributed by atoms with E-state index >= 15 is 0 Å². The predicted octanol–water partition coefficient (Wildman–Crippen LogP) is 3.53. The van der Waals surface area contributed by atoms with Crippen LogP contribution in [0.3, 0.4) is 0 Å². The average molecular weight is 326 g/mol. The third-order valence-corrected chi connectivity index (χ3v) is 2.51. The maximum Gasteiger partial charge on any atom is 0.168 e. The quantitative estimate of drug-likeness (QED) is 0.621. The summed E-state index contributed by atoms with van der Waals surface area (Å²) in [6, 6.07) is 6.95. The highest BCUT2D eigenvalue weighted by Gasteiger charge is 1.98. The molecule has 0 fully saturated rings. The molecule has 0 aliphatic carbocycles. The van der Waals surface area contributed by atoms with E-state index in [0.29, 0.717) is 23.4 Å². The summed E-state index contributed by atoms with van der Waals surface area (Å²) in [5, 5.41) is 0. The van der Waals surface area contributed by atoms with Gasteiger partial charge in [-0.2, -0.15) is 0 Å². The molecular formula is C19H22N2O3. The van der Waals surface area contributed by atoms with Gasteiger partial charge in [-0.15, -0.1) is 6.42 Å². The molecule has 5 heteroatoms. The van der Waals surface area contributed by atoms with Crippen molar-refractivity contribution in [2.75, 3.05) is 0 Å². The lowest BCUT2D eigenvalue weighted by Gasteiger charge is -2.08. The summed E-state index contributed by atoms with van der Waals surface area (Å²) in [7, 11) is 0. The number of ether oxygens (including phenoxy) is 2. The molecule has 0 spiro atoms. The smallest absolute Gasteiger partial charge is 0.168 e. The molecule has 0 N–H and O–H groups in total. The fourth-order valence-electron chi connectivity index (χ4n) is 1.61. The van der Waals surface area contributed by atoms with E-state index in [0.717, 1.165) is 5.75 Å². The molecule has 2 aromatic rings. The number of rotatable bonds is 5. The van der Waals surface area contributed by atoms with Crippen LogP contribution in [-0.4, -0.2) is 28.5 Å². The fraction of sp³-hybridized carbons (Fsp3) is 0.316. The standard InChI is InChI=1S/C10H11NO.C9H11NO2/c1-4-9-5-6-10(7-11-9)12-8(2)3;1-7(2)12-9-4-3-8(6-11)10-5-9/h1,5-8H,2-3H3;3-7H,1-2H3. The summed E-state index contributed by atoms with van der Waals surface area (Å²) in [6.07, 6.45) is 9.34. The summed E-state index contributed by atoms with van der Waals surface area (Å²) < 4.78 is 10.7. The second-order valence-corrected chi connectivity index (χ2v) is 5.39. The number of hydrogen-bond donors (Lipinski definition) is 0. The van der Waals surface area contributed by atoms with Crippen LogP contribution in [0.5, 0.6) is 11.5 Å². The van der Waals surface area contributed by atoms with Crippen molar-refractivity contribution < 1.29 is 14.3 Å². The van der Waals surface area contributed by atoms with Gasteiger partial charge >= 0.3 is 0 Å². The van der Waals surface area contributed by atoms with E-state index in [1.54, 1.807) is 30.6 Å². The molecule has 5 nitrogen and oxygen atoms in total. The van der Waals surface area contributed by atoms with Crippen LogP contribution in [0.15, 0.2) is 36.7 Å². The molecule has 0 aliphatic rings.